The van der Waals surface area contributed by atoms with Crippen LogP contribution in [0.3, 0.4) is 0 Å². The molecule has 0 saturated heterocycles. The summed E-state index contributed by atoms with van der Waals surface area (Å²) in [7, 11) is -4.37. The molecule has 0 aromatic rings. The molecule has 0 spiro atoms. The molecule has 1 unspecified atom stereocenters. The minimum atomic E-state index is -4.37. The first-order chi connectivity index (χ1) is 23.8. The van der Waals surface area contributed by atoms with Crippen molar-refractivity contribution in [3.8, 4) is 0 Å². The van der Waals surface area contributed by atoms with E-state index in [0.717, 1.165) is 64.2 Å². The van der Waals surface area contributed by atoms with Gasteiger partial charge in [-0.05, 0) is 64.2 Å². The highest BCUT2D eigenvalue weighted by Gasteiger charge is 2.25. The number of rotatable bonds is 37. The number of carbonyl (C=O) groups excluding carboxylic acids is 2. The zero-order valence-corrected chi connectivity index (χ0v) is 32.3. The average Bonchev–Trinajstić information content (AvgIpc) is 3.08. The molecule has 288 valence electrons. The van der Waals surface area contributed by atoms with Crippen molar-refractivity contribution in [3.63, 3.8) is 0 Å². The SMILES string of the molecule is CCCCCCCC/C=C/CCCCCCCC(=O)OC[C@H](COP(=O)(O)OCCN)OC(=O)CCCCC/C=C/CCCCCCCC. The van der Waals surface area contributed by atoms with Crippen LogP contribution in [-0.2, 0) is 32.7 Å². The Hall–Kier alpha value is -1.51. The number of unbranched alkanes of at least 4 members (excludes halogenated alkanes) is 20. The van der Waals surface area contributed by atoms with Gasteiger partial charge < -0.3 is 20.1 Å². The van der Waals surface area contributed by atoms with Gasteiger partial charge in [-0.2, -0.15) is 0 Å². The molecule has 0 aliphatic rings. The first-order valence-electron chi connectivity index (χ1n) is 19.8. The Morgan fingerprint density at radius 3 is 1.47 bits per heavy atom. The molecule has 10 heteroatoms. The highest BCUT2D eigenvalue weighted by atomic mass is 31.2. The van der Waals surface area contributed by atoms with E-state index in [9.17, 15) is 19.0 Å². The number of esters is 2. The molecule has 0 aromatic carbocycles. The van der Waals surface area contributed by atoms with Crippen LogP contribution in [0.5, 0.6) is 0 Å². The Morgan fingerprint density at radius 1 is 0.592 bits per heavy atom. The van der Waals surface area contributed by atoms with E-state index in [1.54, 1.807) is 0 Å². The summed E-state index contributed by atoms with van der Waals surface area (Å²) in [6, 6.07) is 0. The van der Waals surface area contributed by atoms with Crippen molar-refractivity contribution < 1.29 is 37.6 Å². The summed E-state index contributed by atoms with van der Waals surface area (Å²) >= 11 is 0. The van der Waals surface area contributed by atoms with Gasteiger partial charge in [-0.1, -0.05) is 128 Å². The molecule has 0 rings (SSSR count). The third-order valence-electron chi connectivity index (χ3n) is 8.31. The molecule has 2 atom stereocenters. The number of hydrogen-bond acceptors (Lipinski definition) is 8. The average molecular weight is 716 g/mol. The Morgan fingerprint density at radius 2 is 1.00 bits per heavy atom. The van der Waals surface area contributed by atoms with E-state index < -0.39 is 32.5 Å². The predicted molar refractivity (Wildman–Crippen MR) is 201 cm³/mol. The summed E-state index contributed by atoms with van der Waals surface area (Å²) in [6.07, 6.45) is 36.3. The van der Waals surface area contributed by atoms with Crippen molar-refractivity contribution in [2.45, 2.75) is 187 Å². The van der Waals surface area contributed by atoms with E-state index in [4.69, 9.17) is 24.3 Å². The smallest absolute Gasteiger partial charge is 0.462 e. The minimum absolute atomic E-state index is 0.0508. The number of carbonyl (C=O) groups is 2. The molecular formula is C39H74NO8P. The molecule has 0 aliphatic carbocycles. The standard InChI is InChI=1S/C39H74NO8P/c1-3-5-7-9-11-13-15-17-18-20-21-23-25-27-29-31-38(41)45-35-37(36-47-49(43,44)46-34-33-40)48-39(42)32-30-28-26-24-22-19-16-14-12-10-8-6-4-2/h17-19,22,37H,3-16,20-21,23-36,40H2,1-2H3,(H,43,44)/b18-17+,22-19+/t37-/m1/s1. The van der Waals surface area contributed by atoms with Gasteiger partial charge in [0.2, 0.25) is 0 Å². The first-order valence-corrected chi connectivity index (χ1v) is 21.3. The van der Waals surface area contributed by atoms with Gasteiger partial charge in [-0.3, -0.25) is 18.6 Å². The molecule has 9 nitrogen and oxygen atoms in total. The van der Waals surface area contributed by atoms with Crippen molar-refractivity contribution in [1.82, 2.24) is 0 Å². The molecule has 0 bridgehead atoms. The predicted octanol–water partition coefficient (Wildman–Crippen LogP) is 10.8. The second-order valence-corrected chi connectivity index (χ2v) is 14.6. The van der Waals surface area contributed by atoms with Crippen LogP contribution in [-0.4, -0.2) is 49.3 Å². The summed E-state index contributed by atoms with van der Waals surface area (Å²) in [5.41, 5.74) is 5.33. The van der Waals surface area contributed by atoms with Gasteiger partial charge in [0.15, 0.2) is 6.10 Å². The Kier molecular flexibility index (Phi) is 35.2. The highest BCUT2D eigenvalue weighted by molar-refractivity contribution is 7.47. The van der Waals surface area contributed by atoms with Crippen LogP contribution in [0.2, 0.25) is 0 Å². The molecule has 3 N–H and O–H groups in total. The van der Waals surface area contributed by atoms with Gasteiger partial charge in [0.05, 0.1) is 13.2 Å². The van der Waals surface area contributed by atoms with Crippen LogP contribution in [0, 0.1) is 0 Å². The number of allylic oxidation sites excluding steroid dienone is 4. The highest BCUT2D eigenvalue weighted by Crippen LogP contribution is 2.43. The van der Waals surface area contributed by atoms with E-state index >= 15 is 0 Å². The summed E-state index contributed by atoms with van der Waals surface area (Å²) in [6.45, 7) is 3.69. The monoisotopic (exact) mass is 716 g/mol. The molecule has 0 aromatic heterocycles. The van der Waals surface area contributed by atoms with E-state index in [-0.39, 0.29) is 32.6 Å². The Labute approximate surface area is 300 Å². The normalized spacial score (nSPS) is 13.6. The Balaban J connectivity index is 4.23. The maximum atomic E-state index is 12.5. The zero-order valence-electron chi connectivity index (χ0n) is 31.4. The molecule has 49 heavy (non-hydrogen) atoms. The Bertz CT molecular complexity index is 866. The second kappa shape index (κ2) is 36.3. The zero-order chi connectivity index (χ0) is 36.1. The maximum absolute atomic E-state index is 12.5. The molecule has 0 radical (unpaired) electrons. The third kappa shape index (κ3) is 36.1. The summed E-state index contributed by atoms with van der Waals surface area (Å²) in [5.74, 6) is -0.856. The fraction of sp³-hybridized carbons (Fsp3) is 0.846. The van der Waals surface area contributed by atoms with Gasteiger partial charge in [-0.15, -0.1) is 0 Å². The minimum Gasteiger partial charge on any atom is -0.462 e. The van der Waals surface area contributed by atoms with Crippen LogP contribution < -0.4 is 5.73 Å². The number of nitrogens with two attached hydrogens (primary N) is 1. The largest absolute Gasteiger partial charge is 0.472 e. The summed E-state index contributed by atoms with van der Waals surface area (Å²) in [5, 5.41) is 0. The molecular weight excluding hydrogens is 641 g/mol. The van der Waals surface area contributed by atoms with E-state index in [1.165, 1.54) is 83.5 Å². The van der Waals surface area contributed by atoms with Gasteiger partial charge in [0, 0.05) is 19.4 Å². The van der Waals surface area contributed by atoms with E-state index in [1.807, 2.05) is 0 Å². The van der Waals surface area contributed by atoms with E-state index in [2.05, 4.69) is 38.2 Å². The maximum Gasteiger partial charge on any atom is 0.472 e. The molecule has 0 fully saturated rings. The number of phosphoric acid groups is 1. The molecule has 0 amide bonds. The van der Waals surface area contributed by atoms with Gasteiger partial charge in [0.25, 0.3) is 0 Å². The lowest BCUT2D eigenvalue weighted by atomic mass is 10.1. The summed E-state index contributed by atoms with van der Waals surface area (Å²) in [4.78, 5) is 34.7. The quantitative estimate of drug-likeness (QED) is 0.0279. The van der Waals surface area contributed by atoms with Crippen molar-refractivity contribution in [1.29, 1.82) is 0 Å². The molecule has 0 saturated carbocycles. The van der Waals surface area contributed by atoms with Crippen LogP contribution in [0.1, 0.15) is 181 Å². The fourth-order valence-electron chi connectivity index (χ4n) is 5.33. The van der Waals surface area contributed by atoms with Gasteiger partial charge >= 0.3 is 19.8 Å². The summed E-state index contributed by atoms with van der Waals surface area (Å²) < 4.78 is 32.6. The number of ether oxygens (including phenoxy) is 2. The first kappa shape index (κ1) is 47.5. The van der Waals surface area contributed by atoms with Gasteiger partial charge in [0.1, 0.15) is 6.61 Å². The van der Waals surface area contributed by atoms with Crippen LogP contribution in [0.25, 0.3) is 0 Å². The van der Waals surface area contributed by atoms with Gasteiger partial charge in [-0.25, -0.2) is 4.57 Å². The molecule has 0 heterocycles. The fourth-order valence-corrected chi connectivity index (χ4v) is 6.09. The van der Waals surface area contributed by atoms with Crippen LogP contribution >= 0.6 is 7.82 Å². The van der Waals surface area contributed by atoms with Crippen molar-refractivity contribution >= 4 is 19.8 Å². The van der Waals surface area contributed by atoms with E-state index in [0.29, 0.717) is 6.42 Å². The topological polar surface area (TPSA) is 134 Å². The van der Waals surface area contributed by atoms with Crippen molar-refractivity contribution in [2.75, 3.05) is 26.4 Å². The van der Waals surface area contributed by atoms with Crippen LogP contribution in [0.4, 0.5) is 0 Å². The number of hydrogen-bond donors (Lipinski definition) is 2. The lowest BCUT2D eigenvalue weighted by Crippen LogP contribution is -2.29. The van der Waals surface area contributed by atoms with Crippen molar-refractivity contribution in [3.05, 3.63) is 24.3 Å². The number of phosphoric ester groups is 1. The van der Waals surface area contributed by atoms with Crippen LogP contribution in [0.15, 0.2) is 24.3 Å². The lowest BCUT2D eigenvalue weighted by Gasteiger charge is -2.19. The van der Waals surface area contributed by atoms with Crippen molar-refractivity contribution in [2.24, 2.45) is 5.73 Å². The molecule has 0 aliphatic heterocycles. The third-order valence-corrected chi connectivity index (χ3v) is 9.29. The lowest BCUT2D eigenvalue weighted by molar-refractivity contribution is -0.161. The second-order valence-electron chi connectivity index (χ2n) is 13.1.